The third kappa shape index (κ3) is 4.64. The third-order valence-corrected chi connectivity index (χ3v) is 6.23. The summed E-state index contributed by atoms with van der Waals surface area (Å²) in [5, 5.41) is 16.5. The number of fused-ring (bicyclic) bond motifs is 3. The van der Waals surface area contributed by atoms with Crippen molar-refractivity contribution >= 4 is 72.7 Å². The van der Waals surface area contributed by atoms with Gasteiger partial charge in [-0.2, -0.15) is 0 Å². The second kappa shape index (κ2) is 9.09. The molecule has 1 heterocycles. The van der Waals surface area contributed by atoms with Crippen LogP contribution in [0.15, 0.2) is 60.7 Å². The zero-order chi connectivity index (χ0) is 20.4. The van der Waals surface area contributed by atoms with Crippen molar-refractivity contribution in [3.8, 4) is 5.75 Å². The van der Waals surface area contributed by atoms with Crippen LogP contribution in [0.5, 0.6) is 5.75 Å². The molecule has 0 amide bonds. The Morgan fingerprint density at radius 1 is 0.931 bits per heavy atom. The van der Waals surface area contributed by atoms with Gasteiger partial charge in [-0.05, 0) is 113 Å². The van der Waals surface area contributed by atoms with Crippen LogP contribution in [0.2, 0.25) is 0 Å². The van der Waals surface area contributed by atoms with Crippen molar-refractivity contribution in [2.24, 2.45) is 0 Å². The number of halogens is 2. The fraction of sp³-hybridized carbons (Fsp3) is 0.217. The van der Waals surface area contributed by atoms with E-state index in [9.17, 15) is 5.11 Å². The van der Waals surface area contributed by atoms with Crippen LogP contribution in [0.3, 0.4) is 0 Å². The van der Waals surface area contributed by atoms with Crippen molar-refractivity contribution in [2.75, 3.05) is 18.5 Å². The van der Waals surface area contributed by atoms with Gasteiger partial charge in [0.1, 0.15) is 5.75 Å². The van der Waals surface area contributed by atoms with Crippen LogP contribution in [0, 0.1) is 7.14 Å². The number of benzene rings is 3. The van der Waals surface area contributed by atoms with Crippen LogP contribution in [0.1, 0.15) is 6.92 Å². The molecule has 1 atom stereocenters. The summed E-state index contributed by atoms with van der Waals surface area (Å²) < 4.78 is 10.1. The van der Waals surface area contributed by atoms with Crippen molar-refractivity contribution in [1.29, 1.82) is 0 Å². The quantitative estimate of drug-likeness (QED) is 0.257. The van der Waals surface area contributed by atoms with Gasteiger partial charge in [0.05, 0.1) is 19.3 Å². The summed E-state index contributed by atoms with van der Waals surface area (Å²) in [6.45, 7) is 3.64. The Labute approximate surface area is 197 Å². The van der Waals surface area contributed by atoms with E-state index in [2.05, 4.69) is 91.5 Å². The first-order valence-electron chi connectivity index (χ1n) is 9.57. The molecule has 0 unspecified atom stereocenters. The number of aliphatic hydroxyl groups is 1. The summed E-state index contributed by atoms with van der Waals surface area (Å²) >= 11 is 4.70. The van der Waals surface area contributed by atoms with Crippen molar-refractivity contribution in [3.05, 3.63) is 67.8 Å². The predicted octanol–water partition coefficient (Wildman–Crippen LogP) is 5.88. The van der Waals surface area contributed by atoms with Gasteiger partial charge in [-0.1, -0.05) is 0 Å². The summed E-state index contributed by atoms with van der Waals surface area (Å²) in [6, 6.07) is 20.8. The highest BCUT2D eigenvalue weighted by Crippen LogP contribution is 2.31. The van der Waals surface area contributed by atoms with Crippen LogP contribution < -0.4 is 10.1 Å². The van der Waals surface area contributed by atoms with Gasteiger partial charge >= 0.3 is 0 Å². The minimum atomic E-state index is -0.515. The van der Waals surface area contributed by atoms with Gasteiger partial charge in [-0.15, -0.1) is 0 Å². The number of ether oxygens (including phenoxy) is 1. The van der Waals surface area contributed by atoms with Crippen LogP contribution in [0.4, 0.5) is 5.69 Å². The van der Waals surface area contributed by atoms with Gasteiger partial charge in [0, 0.05) is 41.2 Å². The highest BCUT2D eigenvalue weighted by atomic mass is 127. The Morgan fingerprint density at radius 3 is 2.07 bits per heavy atom. The first-order valence-corrected chi connectivity index (χ1v) is 11.7. The van der Waals surface area contributed by atoms with Crippen LogP contribution in [-0.4, -0.2) is 28.9 Å². The van der Waals surface area contributed by atoms with E-state index < -0.39 is 6.10 Å². The molecule has 0 radical (unpaired) electrons. The number of anilines is 1. The van der Waals surface area contributed by atoms with Gasteiger partial charge in [0.2, 0.25) is 0 Å². The third-order valence-electron chi connectivity index (χ3n) is 4.89. The van der Waals surface area contributed by atoms with Gasteiger partial charge in [0.15, 0.2) is 0 Å². The number of aromatic nitrogens is 1. The van der Waals surface area contributed by atoms with Crippen LogP contribution in [-0.2, 0) is 6.54 Å². The summed E-state index contributed by atoms with van der Waals surface area (Å²) in [7, 11) is 0. The van der Waals surface area contributed by atoms with Gasteiger partial charge in [-0.3, -0.25) is 0 Å². The molecule has 4 aromatic rings. The Balaban J connectivity index is 1.55. The van der Waals surface area contributed by atoms with Crippen molar-refractivity contribution in [3.63, 3.8) is 0 Å². The predicted molar refractivity (Wildman–Crippen MR) is 137 cm³/mol. The minimum absolute atomic E-state index is 0.476. The maximum Gasteiger partial charge on any atom is 0.119 e. The molecular weight excluding hydrogens is 590 g/mol. The van der Waals surface area contributed by atoms with Crippen molar-refractivity contribution in [2.45, 2.75) is 19.6 Å². The van der Waals surface area contributed by atoms with Crippen molar-refractivity contribution < 1.29 is 9.84 Å². The zero-order valence-corrected chi connectivity index (χ0v) is 20.3. The van der Waals surface area contributed by atoms with Gasteiger partial charge in [-0.25, -0.2) is 0 Å². The minimum Gasteiger partial charge on any atom is -0.494 e. The number of nitrogens with zero attached hydrogens (tertiary/aromatic N) is 1. The smallest absolute Gasteiger partial charge is 0.119 e. The van der Waals surface area contributed by atoms with Crippen molar-refractivity contribution in [1.82, 2.24) is 4.57 Å². The van der Waals surface area contributed by atoms with E-state index in [0.29, 0.717) is 19.7 Å². The lowest BCUT2D eigenvalue weighted by atomic mass is 10.2. The molecular formula is C23H22I2N2O2. The van der Waals surface area contributed by atoms with Crippen LogP contribution in [0.25, 0.3) is 21.8 Å². The molecule has 0 spiro atoms. The molecule has 29 heavy (non-hydrogen) atoms. The van der Waals surface area contributed by atoms with Crippen LogP contribution >= 0.6 is 45.2 Å². The number of nitrogens with one attached hydrogen (secondary N) is 1. The topological polar surface area (TPSA) is 46.4 Å². The van der Waals surface area contributed by atoms with Gasteiger partial charge < -0.3 is 19.7 Å². The molecule has 0 aliphatic carbocycles. The Hall–Kier alpha value is -1.52. The fourth-order valence-electron chi connectivity index (χ4n) is 3.59. The summed E-state index contributed by atoms with van der Waals surface area (Å²) in [5.41, 5.74) is 3.28. The Bertz CT molecular complexity index is 1080. The number of rotatable bonds is 7. The molecule has 0 saturated heterocycles. The highest BCUT2D eigenvalue weighted by Gasteiger charge is 2.14. The lowest BCUT2D eigenvalue weighted by molar-refractivity contribution is 0.169. The molecule has 4 nitrogen and oxygen atoms in total. The first-order chi connectivity index (χ1) is 14.0. The van der Waals surface area contributed by atoms with E-state index in [0.717, 1.165) is 22.5 Å². The lowest BCUT2D eigenvalue weighted by Gasteiger charge is -2.16. The fourth-order valence-corrected chi connectivity index (χ4v) is 4.57. The molecule has 6 heteroatoms. The SMILES string of the molecule is CCOc1ccc(NC[C@@H](O)Cn2c3ccc(I)cc3c3cc(I)ccc32)cc1. The normalized spacial score (nSPS) is 12.4. The Kier molecular flexibility index (Phi) is 6.50. The van der Waals surface area contributed by atoms with E-state index in [1.807, 2.05) is 31.2 Å². The van der Waals surface area contributed by atoms with E-state index in [1.165, 1.54) is 17.9 Å². The molecule has 4 rings (SSSR count). The standard InChI is InChI=1S/C23H22I2N2O2/c1-2-29-19-7-5-17(6-8-19)26-13-18(28)14-27-22-9-3-15(24)11-20(22)21-12-16(25)4-10-23(21)27/h3-12,18,26,28H,2,13-14H2,1H3/t18-/m1/s1. The van der Waals surface area contributed by atoms with Gasteiger partial charge in [0.25, 0.3) is 0 Å². The molecule has 150 valence electrons. The lowest BCUT2D eigenvalue weighted by Crippen LogP contribution is -2.24. The largest absolute Gasteiger partial charge is 0.494 e. The van der Waals surface area contributed by atoms with E-state index in [4.69, 9.17) is 4.74 Å². The Morgan fingerprint density at radius 2 is 1.52 bits per heavy atom. The summed E-state index contributed by atoms with van der Waals surface area (Å²) in [5.74, 6) is 0.855. The number of hydrogen-bond donors (Lipinski definition) is 2. The molecule has 2 N–H and O–H groups in total. The maximum atomic E-state index is 10.7. The second-order valence-electron chi connectivity index (χ2n) is 6.93. The van der Waals surface area contributed by atoms with E-state index in [-0.39, 0.29) is 0 Å². The molecule has 0 aliphatic rings. The average Bonchev–Trinajstić information content (AvgIpc) is 3.00. The maximum absolute atomic E-state index is 10.7. The monoisotopic (exact) mass is 612 g/mol. The average molecular weight is 612 g/mol. The molecule has 0 saturated carbocycles. The molecule has 0 aliphatic heterocycles. The summed E-state index contributed by atoms with van der Waals surface area (Å²) in [4.78, 5) is 0. The molecule has 3 aromatic carbocycles. The van der Waals surface area contributed by atoms with E-state index >= 15 is 0 Å². The zero-order valence-electron chi connectivity index (χ0n) is 16.0. The molecule has 0 fully saturated rings. The summed E-state index contributed by atoms with van der Waals surface area (Å²) in [6.07, 6.45) is -0.515. The first kappa shape index (κ1) is 20.7. The number of hydrogen-bond acceptors (Lipinski definition) is 3. The second-order valence-corrected chi connectivity index (χ2v) is 9.42. The van der Waals surface area contributed by atoms with E-state index in [1.54, 1.807) is 0 Å². The molecule has 1 aromatic heterocycles. The molecule has 0 bridgehead atoms. The highest BCUT2D eigenvalue weighted by molar-refractivity contribution is 14.1. The number of aliphatic hydroxyl groups excluding tert-OH is 1.